The normalized spacial score (nSPS) is 32.0. The molecule has 1 aliphatic rings. The minimum Gasteiger partial charge on any atom is -0.431 e. The molecule has 1 fully saturated rings. The lowest BCUT2D eigenvalue weighted by Gasteiger charge is -2.37. The van der Waals surface area contributed by atoms with E-state index in [1.807, 2.05) is 39.0 Å². The van der Waals surface area contributed by atoms with E-state index in [-0.39, 0.29) is 0 Å². The van der Waals surface area contributed by atoms with Crippen LogP contribution < -0.4 is 0 Å². The Morgan fingerprint density at radius 2 is 1.70 bits per heavy atom. The van der Waals surface area contributed by atoms with E-state index in [1.54, 1.807) is 26.0 Å². The number of cyclic esters (lactones) is 1. The molecule has 0 bridgehead atoms. The fourth-order valence-corrected chi connectivity index (χ4v) is 2.17. The van der Waals surface area contributed by atoms with Gasteiger partial charge in [-0.2, -0.15) is 0 Å². The Kier molecular flexibility index (Phi) is 3.43. The number of hydrogen-bond donors (Lipinski definition) is 1. The van der Waals surface area contributed by atoms with E-state index in [2.05, 4.69) is 0 Å². The molecule has 0 aliphatic carbocycles. The zero-order chi connectivity index (χ0) is 15.2. The van der Waals surface area contributed by atoms with Crippen LogP contribution in [0.3, 0.4) is 0 Å². The Balaban J connectivity index is 2.35. The van der Waals surface area contributed by atoms with Gasteiger partial charge in [0.15, 0.2) is 5.60 Å². The molecular formula is C16H22O4. The minimum absolute atomic E-state index is 0.392. The van der Waals surface area contributed by atoms with Crippen molar-refractivity contribution in [1.29, 1.82) is 0 Å². The molecule has 1 aliphatic heterocycles. The highest BCUT2D eigenvalue weighted by atomic mass is 16.8. The van der Waals surface area contributed by atoms with Crippen LogP contribution in [0.1, 0.15) is 46.3 Å². The number of carbonyl (C=O) groups is 1. The highest BCUT2D eigenvalue weighted by molar-refractivity contribution is 5.82. The Hall–Kier alpha value is -1.39. The molecule has 0 unspecified atom stereocenters. The molecule has 20 heavy (non-hydrogen) atoms. The summed E-state index contributed by atoms with van der Waals surface area (Å²) in [6.45, 7) is 9.10. The summed E-state index contributed by atoms with van der Waals surface area (Å²) in [5.41, 5.74) is -1.16. The second-order valence-corrected chi connectivity index (χ2v) is 6.61. The number of aliphatic hydroxyl groups is 1. The highest BCUT2D eigenvalue weighted by Crippen LogP contribution is 2.47. The van der Waals surface area contributed by atoms with Crippen molar-refractivity contribution < 1.29 is 19.4 Å². The van der Waals surface area contributed by atoms with Crippen molar-refractivity contribution in [2.45, 2.75) is 52.1 Å². The van der Waals surface area contributed by atoms with Crippen molar-refractivity contribution in [3.8, 4) is 0 Å². The average molecular weight is 278 g/mol. The van der Waals surface area contributed by atoms with Crippen molar-refractivity contribution >= 4 is 5.97 Å². The van der Waals surface area contributed by atoms with E-state index in [9.17, 15) is 9.90 Å². The summed E-state index contributed by atoms with van der Waals surface area (Å²) in [5, 5.41) is 10.5. The van der Waals surface area contributed by atoms with Gasteiger partial charge in [0.1, 0.15) is 6.10 Å². The third-order valence-electron chi connectivity index (χ3n) is 4.10. The third-order valence-corrected chi connectivity index (χ3v) is 4.10. The molecule has 0 radical (unpaired) electrons. The van der Waals surface area contributed by atoms with Gasteiger partial charge in [-0.1, -0.05) is 51.1 Å². The molecule has 0 amide bonds. The van der Waals surface area contributed by atoms with Crippen LogP contribution in [0, 0.1) is 5.41 Å². The number of hydrogen-bond acceptors (Lipinski definition) is 4. The zero-order valence-corrected chi connectivity index (χ0v) is 12.6. The lowest BCUT2D eigenvalue weighted by atomic mass is 9.86. The van der Waals surface area contributed by atoms with Gasteiger partial charge in [-0.3, -0.25) is 0 Å². The lowest BCUT2D eigenvalue weighted by Crippen LogP contribution is -2.45. The molecule has 4 heteroatoms. The number of rotatable bonds is 2. The predicted molar refractivity (Wildman–Crippen MR) is 74.8 cm³/mol. The van der Waals surface area contributed by atoms with Crippen molar-refractivity contribution in [2.75, 3.05) is 0 Å². The molecule has 0 saturated carbocycles. The summed E-state index contributed by atoms with van der Waals surface area (Å²) in [6.07, 6.45) is -1.07. The summed E-state index contributed by atoms with van der Waals surface area (Å²) < 4.78 is 11.4. The number of esters is 1. The fraction of sp³-hybridized carbons (Fsp3) is 0.562. The predicted octanol–water partition coefficient (Wildman–Crippen LogP) is 2.81. The first kappa shape index (κ1) is 15.0. The van der Waals surface area contributed by atoms with E-state index in [4.69, 9.17) is 9.47 Å². The Labute approximate surface area is 119 Å². The number of carbonyl (C=O) groups excluding carboxylic acids is 1. The van der Waals surface area contributed by atoms with Gasteiger partial charge in [-0.25, -0.2) is 4.79 Å². The Morgan fingerprint density at radius 3 is 2.15 bits per heavy atom. The largest absolute Gasteiger partial charge is 0.431 e. The molecule has 110 valence electrons. The molecule has 1 aromatic rings. The molecule has 2 rings (SSSR count). The van der Waals surface area contributed by atoms with Crippen LogP contribution in [-0.4, -0.2) is 22.5 Å². The van der Waals surface area contributed by atoms with Crippen LogP contribution in [0.25, 0.3) is 0 Å². The standard InChI is InChI=1S/C16H22O4/c1-14(2,3)16(5)19-13(18)15(4,20-16)12(17)11-9-7-6-8-10-11/h6-10,12,17H,1-5H3/t12-,15-,16-/m1/s1. The van der Waals surface area contributed by atoms with Crippen LogP contribution in [0.15, 0.2) is 30.3 Å². The maximum absolute atomic E-state index is 12.3. The molecule has 3 atom stereocenters. The van der Waals surface area contributed by atoms with Gasteiger partial charge in [0.05, 0.1) is 0 Å². The van der Waals surface area contributed by atoms with Gasteiger partial charge in [0.2, 0.25) is 5.79 Å². The summed E-state index contributed by atoms with van der Waals surface area (Å²) in [4.78, 5) is 12.3. The Bertz CT molecular complexity index is 505. The SMILES string of the molecule is CC(C)(C)[C@]1(C)OC(=O)[C@@](C)([C@H](O)c2ccccc2)O1. The van der Waals surface area contributed by atoms with Crippen LogP contribution in [0.2, 0.25) is 0 Å². The van der Waals surface area contributed by atoms with Crippen molar-refractivity contribution in [3.05, 3.63) is 35.9 Å². The minimum atomic E-state index is -1.40. The number of aliphatic hydroxyl groups excluding tert-OH is 1. The van der Waals surface area contributed by atoms with Gasteiger partial charge < -0.3 is 14.6 Å². The molecule has 0 aromatic heterocycles. The lowest BCUT2D eigenvalue weighted by molar-refractivity contribution is -0.242. The van der Waals surface area contributed by atoms with E-state index in [1.165, 1.54) is 0 Å². The molecule has 4 nitrogen and oxygen atoms in total. The zero-order valence-electron chi connectivity index (χ0n) is 12.6. The second kappa shape index (κ2) is 4.57. The van der Waals surface area contributed by atoms with Crippen molar-refractivity contribution in [2.24, 2.45) is 5.41 Å². The van der Waals surface area contributed by atoms with E-state index in [0.717, 1.165) is 0 Å². The molecule has 1 saturated heterocycles. The summed E-state index contributed by atoms with van der Waals surface area (Å²) in [5.74, 6) is -1.60. The van der Waals surface area contributed by atoms with Crippen LogP contribution in [-0.2, 0) is 14.3 Å². The monoisotopic (exact) mass is 278 g/mol. The fourth-order valence-electron chi connectivity index (χ4n) is 2.17. The maximum Gasteiger partial charge on any atom is 0.343 e. The molecule has 1 N–H and O–H groups in total. The number of benzene rings is 1. The highest BCUT2D eigenvalue weighted by Gasteiger charge is 2.61. The number of ether oxygens (including phenoxy) is 2. The average Bonchev–Trinajstić information content (AvgIpc) is 2.61. The second-order valence-electron chi connectivity index (χ2n) is 6.61. The van der Waals surface area contributed by atoms with E-state index < -0.39 is 28.9 Å². The van der Waals surface area contributed by atoms with Crippen molar-refractivity contribution in [3.63, 3.8) is 0 Å². The topological polar surface area (TPSA) is 55.8 Å². The summed E-state index contributed by atoms with van der Waals surface area (Å²) in [7, 11) is 0. The van der Waals surface area contributed by atoms with E-state index in [0.29, 0.717) is 5.56 Å². The molecule has 1 heterocycles. The van der Waals surface area contributed by atoms with Crippen LogP contribution in [0.4, 0.5) is 0 Å². The van der Waals surface area contributed by atoms with Gasteiger partial charge >= 0.3 is 5.97 Å². The van der Waals surface area contributed by atoms with E-state index >= 15 is 0 Å². The first-order valence-electron chi connectivity index (χ1n) is 6.77. The molecular weight excluding hydrogens is 256 g/mol. The summed E-state index contributed by atoms with van der Waals surface area (Å²) >= 11 is 0. The quantitative estimate of drug-likeness (QED) is 0.845. The molecule has 0 spiro atoms. The first-order valence-corrected chi connectivity index (χ1v) is 6.77. The third kappa shape index (κ3) is 2.23. The summed E-state index contributed by atoms with van der Waals surface area (Å²) in [6, 6.07) is 9.00. The maximum atomic E-state index is 12.3. The van der Waals surface area contributed by atoms with Crippen molar-refractivity contribution in [1.82, 2.24) is 0 Å². The first-order chi connectivity index (χ1) is 9.10. The van der Waals surface area contributed by atoms with Gasteiger partial charge in [-0.15, -0.1) is 0 Å². The molecule has 1 aromatic carbocycles. The van der Waals surface area contributed by atoms with Gasteiger partial charge in [0, 0.05) is 12.3 Å². The Morgan fingerprint density at radius 1 is 1.15 bits per heavy atom. The smallest absolute Gasteiger partial charge is 0.343 e. The van der Waals surface area contributed by atoms with Gasteiger partial charge in [0.25, 0.3) is 0 Å². The van der Waals surface area contributed by atoms with Gasteiger partial charge in [-0.05, 0) is 12.5 Å². The van der Waals surface area contributed by atoms with Crippen LogP contribution >= 0.6 is 0 Å². The van der Waals surface area contributed by atoms with Crippen LogP contribution in [0.5, 0.6) is 0 Å².